The van der Waals surface area contributed by atoms with Crippen LogP contribution in [0.3, 0.4) is 0 Å². The minimum absolute atomic E-state index is 0.241. The van der Waals surface area contributed by atoms with Gasteiger partial charge in [0.25, 0.3) is 0 Å². The summed E-state index contributed by atoms with van der Waals surface area (Å²) in [5.74, 6) is -0.356. The minimum Gasteiger partial charge on any atom is -0.370 e. The Kier molecular flexibility index (Phi) is 4.88. The lowest BCUT2D eigenvalue weighted by Crippen LogP contribution is -2.12. The molecule has 2 heterocycles. The van der Waals surface area contributed by atoms with Crippen LogP contribution >= 0.6 is 0 Å². The number of hydrogen-bond donors (Lipinski definition) is 1. The molecule has 5 nitrogen and oxygen atoms in total. The average molecular weight is 338 g/mol. The number of rotatable bonds is 6. The highest BCUT2D eigenvalue weighted by atomic mass is 19.1. The van der Waals surface area contributed by atoms with Crippen LogP contribution in [0.5, 0.6) is 0 Å². The van der Waals surface area contributed by atoms with E-state index in [-0.39, 0.29) is 12.3 Å². The topological polar surface area (TPSA) is 73.8 Å². The van der Waals surface area contributed by atoms with Gasteiger partial charge in [-0.3, -0.25) is 14.5 Å². The molecule has 0 fully saturated rings. The first-order chi connectivity index (χ1) is 12.1. The van der Waals surface area contributed by atoms with Crippen molar-refractivity contribution in [1.29, 1.82) is 0 Å². The number of nitrogens with two attached hydrogens (primary N) is 1. The Morgan fingerprint density at radius 1 is 1.12 bits per heavy atom. The molecule has 0 spiro atoms. The smallest absolute Gasteiger partial charge is 0.217 e. The fourth-order valence-corrected chi connectivity index (χ4v) is 2.86. The summed E-state index contributed by atoms with van der Waals surface area (Å²) < 4.78 is 14.6. The van der Waals surface area contributed by atoms with Gasteiger partial charge < -0.3 is 5.73 Å². The van der Waals surface area contributed by atoms with E-state index in [1.807, 2.05) is 31.3 Å². The van der Waals surface area contributed by atoms with Gasteiger partial charge >= 0.3 is 0 Å². The molecule has 0 saturated heterocycles. The van der Waals surface area contributed by atoms with Gasteiger partial charge in [0.05, 0.1) is 0 Å². The maximum atomic E-state index is 12.8. The second-order valence-corrected chi connectivity index (χ2v) is 5.83. The fourth-order valence-electron chi connectivity index (χ4n) is 2.86. The molecular formula is C19H19FN4O. The van der Waals surface area contributed by atoms with E-state index in [0.717, 1.165) is 28.1 Å². The maximum absolute atomic E-state index is 12.8. The van der Waals surface area contributed by atoms with E-state index in [0.29, 0.717) is 12.0 Å². The van der Waals surface area contributed by atoms with Crippen LogP contribution in [0.4, 0.5) is 4.39 Å². The summed E-state index contributed by atoms with van der Waals surface area (Å²) in [6, 6.07) is 11.1. The lowest BCUT2D eigenvalue weighted by atomic mass is 9.96. The molecule has 0 aliphatic heterocycles. The van der Waals surface area contributed by atoms with Crippen LogP contribution in [0.25, 0.3) is 22.4 Å². The second-order valence-electron chi connectivity index (χ2n) is 5.83. The molecule has 0 saturated carbocycles. The third-order valence-electron chi connectivity index (χ3n) is 4.12. The number of carbonyl (C=O) groups is 1. The van der Waals surface area contributed by atoms with Crippen LogP contribution in [0, 0.1) is 0 Å². The Balaban J connectivity index is 2.15. The largest absolute Gasteiger partial charge is 0.370 e. The van der Waals surface area contributed by atoms with Gasteiger partial charge in [-0.1, -0.05) is 24.3 Å². The van der Waals surface area contributed by atoms with Crippen LogP contribution in [0.2, 0.25) is 0 Å². The number of carbonyl (C=O) groups excluding carboxylic acids is 1. The summed E-state index contributed by atoms with van der Waals surface area (Å²) in [6.45, 7) is -0.501. The fraction of sp³-hybridized carbons (Fsp3) is 0.211. The van der Waals surface area contributed by atoms with Crippen molar-refractivity contribution in [2.75, 3.05) is 0 Å². The van der Waals surface area contributed by atoms with Gasteiger partial charge in [0.2, 0.25) is 5.91 Å². The second kappa shape index (κ2) is 7.25. The monoisotopic (exact) mass is 338 g/mol. The number of alkyl halides is 1. The Bertz CT molecular complexity index is 872. The third kappa shape index (κ3) is 3.57. The Hall–Kier alpha value is -3.02. The van der Waals surface area contributed by atoms with Gasteiger partial charge in [0, 0.05) is 42.7 Å². The maximum Gasteiger partial charge on any atom is 0.217 e. The molecular weight excluding hydrogens is 319 g/mol. The van der Waals surface area contributed by atoms with E-state index in [4.69, 9.17) is 5.73 Å². The highest BCUT2D eigenvalue weighted by molar-refractivity contribution is 5.83. The Morgan fingerprint density at radius 2 is 1.80 bits per heavy atom. The lowest BCUT2D eigenvalue weighted by Gasteiger charge is -2.08. The highest BCUT2D eigenvalue weighted by Gasteiger charge is 2.19. The molecule has 25 heavy (non-hydrogen) atoms. The first-order valence-electron chi connectivity index (χ1n) is 8.00. The van der Waals surface area contributed by atoms with Gasteiger partial charge in [-0.05, 0) is 29.7 Å². The van der Waals surface area contributed by atoms with Gasteiger partial charge in [-0.15, -0.1) is 0 Å². The number of aryl methyl sites for hydroxylation is 1. The molecule has 3 aromatic rings. The molecule has 0 aliphatic rings. The highest BCUT2D eigenvalue weighted by Crippen LogP contribution is 2.35. The number of benzene rings is 1. The normalized spacial score (nSPS) is 10.8. The van der Waals surface area contributed by atoms with Crippen LogP contribution < -0.4 is 5.73 Å². The van der Waals surface area contributed by atoms with Crippen molar-refractivity contribution in [3.05, 3.63) is 60.0 Å². The number of halogens is 1. The SMILES string of the molecule is Cn1nc(-c2ccncc2)c(-c2ccc(CF)cc2)c1CCC(N)=O. The van der Waals surface area contributed by atoms with Gasteiger partial charge in [-0.2, -0.15) is 5.10 Å². The van der Waals surface area contributed by atoms with Gasteiger partial charge in [0.15, 0.2) is 0 Å². The number of pyridine rings is 1. The molecule has 6 heteroatoms. The summed E-state index contributed by atoms with van der Waals surface area (Å²) in [4.78, 5) is 15.3. The zero-order valence-corrected chi connectivity index (χ0v) is 13.9. The molecule has 0 bridgehead atoms. The summed E-state index contributed by atoms with van der Waals surface area (Å²) in [5.41, 5.74) is 10.4. The predicted octanol–water partition coefficient (Wildman–Crippen LogP) is 3.04. The van der Waals surface area contributed by atoms with Gasteiger partial charge in [-0.25, -0.2) is 4.39 Å². The zero-order chi connectivity index (χ0) is 17.8. The molecule has 1 aromatic carbocycles. The van der Waals surface area contributed by atoms with Crippen LogP contribution in [-0.2, 0) is 24.9 Å². The Labute approximate surface area is 145 Å². The number of hydrogen-bond acceptors (Lipinski definition) is 3. The minimum atomic E-state index is -0.501. The standard InChI is InChI=1S/C19H19FN4O/c1-24-16(6-7-17(21)25)18(14-4-2-13(12-20)3-5-14)19(23-24)15-8-10-22-11-9-15/h2-5,8-11H,6-7,12H2,1H3,(H2,21,25). The van der Waals surface area contributed by atoms with E-state index in [2.05, 4.69) is 10.1 Å². The lowest BCUT2D eigenvalue weighted by molar-refractivity contribution is -0.118. The summed E-state index contributed by atoms with van der Waals surface area (Å²) in [5, 5.41) is 4.64. The molecule has 2 N–H and O–H groups in total. The first kappa shape index (κ1) is 16.8. The van der Waals surface area contributed by atoms with Crippen molar-refractivity contribution >= 4 is 5.91 Å². The van der Waals surface area contributed by atoms with Crippen LogP contribution in [0.15, 0.2) is 48.8 Å². The van der Waals surface area contributed by atoms with Crippen molar-refractivity contribution < 1.29 is 9.18 Å². The molecule has 128 valence electrons. The number of amides is 1. The first-order valence-corrected chi connectivity index (χ1v) is 8.00. The predicted molar refractivity (Wildman–Crippen MR) is 94.2 cm³/mol. The van der Waals surface area contributed by atoms with Crippen LogP contribution in [0.1, 0.15) is 17.7 Å². The molecule has 1 amide bonds. The molecule has 2 aromatic heterocycles. The van der Waals surface area contributed by atoms with Crippen molar-refractivity contribution in [2.45, 2.75) is 19.5 Å². The molecule has 3 rings (SSSR count). The summed E-state index contributed by atoms with van der Waals surface area (Å²) >= 11 is 0. The van der Waals surface area contributed by atoms with E-state index in [9.17, 15) is 9.18 Å². The van der Waals surface area contributed by atoms with Crippen molar-refractivity contribution in [1.82, 2.24) is 14.8 Å². The van der Waals surface area contributed by atoms with E-state index in [1.165, 1.54) is 0 Å². The quantitative estimate of drug-likeness (QED) is 0.751. The van der Waals surface area contributed by atoms with Crippen molar-refractivity contribution in [2.24, 2.45) is 12.8 Å². The van der Waals surface area contributed by atoms with Crippen molar-refractivity contribution in [3.8, 4) is 22.4 Å². The number of aromatic nitrogens is 3. The number of nitrogens with zero attached hydrogens (tertiary/aromatic N) is 3. The van der Waals surface area contributed by atoms with E-state index < -0.39 is 6.67 Å². The van der Waals surface area contributed by atoms with Gasteiger partial charge in [0.1, 0.15) is 12.4 Å². The molecule has 0 atom stereocenters. The zero-order valence-electron chi connectivity index (χ0n) is 13.9. The summed E-state index contributed by atoms with van der Waals surface area (Å²) in [7, 11) is 1.85. The average Bonchev–Trinajstić information content (AvgIpc) is 2.97. The molecule has 0 aliphatic carbocycles. The van der Waals surface area contributed by atoms with Crippen LogP contribution in [-0.4, -0.2) is 20.7 Å². The van der Waals surface area contributed by atoms with E-state index >= 15 is 0 Å². The third-order valence-corrected chi connectivity index (χ3v) is 4.12. The van der Waals surface area contributed by atoms with Crippen molar-refractivity contribution in [3.63, 3.8) is 0 Å². The Morgan fingerprint density at radius 3 is 2.40 bits per heavy atom. The molecule has 0 radical (unpaired) electrons. The summed E-state index contributed by atoms with van der Waals surface area (Å²) in [6.07, 6.45) is 4.15. The number of primary amides is 1. The van der Waals surface area contributed by atoms with E-state index in [1.54, 1.807) is 29.2 Å². The molecule has 0 unspecified atom stereocenters.